The van der Waals surface area contributed by atoms with E-state index in [2.05, 4.69) is 16.9 Å². The lowest BCUT2D eigenvalue weighted by Gasteiger charge is -2.26. The first-order chi connectivity index (χ1) is 9.46. The molecule has 20 heavy (non-hydrogen) atoms. The number of nitrogens with two attached hydrogens (primary N) is 1. The molecule has 2 N–H and O–H groups in total. The summed E-state index contributed by atoms with van der Waals surface area (Å²) in [5.74, 6) is 0.628. The number of alkyl halides is 3. The van der Waals surface area contributed by atoms with Crippen LogP contribution < -0.4 is 5.73 Å². The first-order valence-corrected chi connectivity index (χ1v) is 6.95. The summed E-state index contributed by atoms with van der Waals surface area (Å²) in [4.78, 5) is 0. The van der Waals surface area contributed by atoms with E-state index in [0.717, 1.165) is 5.56 Å². The van der Waals surface area contributed by atoms with Crippen molar-refractivity contribution < 1.29 is 17.9 Å². The maximum absolute atomic E-state index is 11.9. The largest absolute Gasteiger partial charge is 0.411 e. The van der Waals surface area contributed by atoms with Crippen molar-refractivity contribution in [2.24, 2.45) is 5.73 Å². The summed E-state index contributed by atoms with van der Waals surface area (Å²) in [5, 5.41) is 0. The van der Waals surface area contributed by atoms with Gasteiger partial charge in [0, 0.05) is 12.6 Å². The van der Waals surface area contributed by atoms with E-state index in [4.69, 9.17) is 5.73 Å². The van der Waals surface area contributed by atoms with Crippen LogP contribution in [0, 0.1) is 0 Å². The van der Waals surface area contributed by atoms with Gasteiger partial charge < -0.3 is 10.5 Å². The fourth-order valence-electron chi connectivity index (χ4n) is 2.35. The Morgan fingerprint density at radius 1 is 1.30 bits per heavy atom. The van der Waals surface area contributed by atoms with Crippen LogP contribution in [-0.4, -0.2) is 19.4 Å². The van der Waals surface area contributed by atoms with E-state index in [1.165, 1.54) is 24.8 Å². The van der Waals surface area contributed by atoms with Crippen molar-refractivity contribution in [2.45, 2.75) is 43.8 Å². The van der Waals surface area contributed by atoms with E-state index >= 15 is 0 Å². The van der Waals surface area contributed by atoms with Gasteiger partial charge in [-0.1, -0.05) is 30.7 Å². The van der Waals surface area contributed by atoms with Crippen molar-refractivity contribution in [3.05, 3.63) is 35.4 Å². The molecular weight excluding hydrogens is 267 g/mol. The second-order valence-corrected chi connectivity index (χ2v) is 5.36. The van der Waals surface area contributed by atoms with Crippen molar-refractivity contribution in [2.75, 3.05) is 13.2 Å². The van der Waals surface area contributed by atoms with Crippen LogP contribution in [0.3, 0.4) is 0 Å². The van der Waals surface area contributed by atoms with Gasteiger partial charge in [0.15, 0.2) is 0 Å². The minimum absolute atomic E-state index is 0.0222. The van der Waals surface area contributed by atoms with E-state index < -0.39 is 12.8 Å². The number of rotatable bonds is 6. The lowest BCUT2D eigenvalue weighted by Crippen LogP contribution is -2.20. The zero-order valence-corrected chi connectivity index (χ0v) is 11.3. The summed E-state index contributed by atoms with van der Waals surface area (Å²) in [6.45, 7) is -1.18. The molecule has 1 unspecified atom stereocenters. The normalized spacial score (nSPS) is 17.8. The molecule has 2 nitrogen and oxygen atoms in total. The fraction of sp³-hybridized carbons (Fsp3) is 0.600. The molecule has 0 amide bonds. The van der Waals surface area contributed by atoms with E-state index in [1.54, 1.807) is 0 Å². The average Bonchev–Trinajstić information content (AvgIpc) is 2.31. The van der Waals surface area contributed by atoms with Crippen molar-refractivity contribution >= 4 is 0 Å². The maximum Gasteiger partial charge on any atom is 0.411 e. The van der Waals surface area contributed by atoms with Crippen molar-refractivity contribution in [1.29, 1.82) is 0 Å². The SMILES string of the molecule is NC(CCOCC(F)(F)F)c1cccc(C2CCC2)c1. The number of halogens is 3. The summed E-state index contributed by atoms with van der Waals surface area (Å²) in [7, 11) is 0. The van der Waals surface area contributed by atoms with Gasteiger partial charge in [-0.3, -0.25) is 0 Å². The van der Waals surface area contributed by atoms with Crippen LogP contribution in [0.4, 0.5) is 13.2 Å². The summed E-state index contributed by atoms with van der Waals surface area (Å²) < 4.78 is 40.4. The fourth-order valence-corrected chi connectivity index (χ4v) is 2.35. The minimum atomic E-state index is -4.27. The Hall–Kier alpha value is -1.07. The highest BCUT2D eigenvalue weighted by atomic mass is 19.4. The predicted molar refractivity (Wildman–Crippen MR) is 71.5 cm³/mol. The van der Waals surface area contributed by atoms with Crippen molar-refractivity contribution in [3.8, 4) is 0 Å². The highest BCUT2D eigenvalue weighted by Gasteiger charge is 2.27. The molecule has 0 saturated heterocycles. The quantitative estimate of drug-likeness (QED) is 0.805. The van der Waals surface area contributed by atoms with Crippen molar-refractivity contribution in [3.63, 3.8) is 0 Å². The van der Waals surface area contributed by atoms with Gasteiger partial charge >= 0.3 is 6.18 Å². The third-order valence-electron chi connectivity index (χ3n) is 3.75. The number of hydrogen-bond acceptors (Lipinski definition) is 2. The standard InChI is InChI=1S/C15H20F3NO/c16-15(17,18)10-20-8-7-14(19)13-6-2-5-12(9-13)11-3-1-4-11/h2,5-6,9,11,14H,1,3-4,7-8,10,19H2. The highest BCUT2D eigenvalue weighted by Crippen LogP contribution is 2.37. The van der Waals surface area contributed by atoms with E-state index in [9.17, 15) is 13.2 Å². The molecule has 0 aliphatic heterocycles. The molecule has 112 valence electrons. The molecule has 0 bridgehead atoms. The first-order valence-electron chi connectivity index (χ1n) is 6.95. The number of hydrogen-bond donors (Lipinski definition) is 1. The van der Waals surface area contributed by atoms with Gasteiger partial charge in [-0.15, -0.1) is 0 Å². The number of benzene rings is 1. The van der Waals surface area contributed by atoms with E-state index in [0.29, 0.717) is 12.3 Å². The Bertz CT molecular complexity index is 429. The summed E-state index contributed by atoms with van der Waals surface area (Å²) in [5.41, 5.74) is 8.28. The molecule has 5 heteroatoms. The molecule has 1 aromatic carbocycles. The Balaban J connectivity index is 1.81. The third-order valence-corrected chi connectivity index (χ3v) is 3.75. The van der Waals surface area contributed by atoms with Gasteiger partial charge in [0.1, 0.15) is 6.61 Å². The van der Waals surface area contributed by atoms with Gasteiger partial charge in [0.05, 0.1) is 0 Å². The molecule has 1 atom stereocenters. The molecule has 1 aromatic rings. The Kier molecular flexibility index (Phi) is 5.05. The second kappa shape index (κ2) is 6.59. The van der Waals surface area contributed by atoms with Crippen molar-refractivity contribution in [1.82, 2.24) is 0 Å². The predicted octanol–water partition coefficient (Wildman–Crippen LogP) is 3.92. The lowest BCUT2D eigenvalue weighted by atomic mass is 9.79. The molecule has 0 radical (unpaired) electrons. The van der Waals surface area contributed by atoms with Crippen LogP contribution in [0.25, 0.3) is 0 Å². The van der Waals surface area contributed by atoms with Gasteiger partial charge in [-0.05, 0) is 36.3 Å². The molecule has 1 aliphatic rings. The summed E-state index contributed by atoms with van der Waals surface area (Å²) in [6.07, 6.45) is -0.175. The maximum atomic E-state index is 11.9. The van der Waals surface area contributed by atoms with E-state index in [1.807, 2.05) is 12.1 Å². The molecule has 1 fully saturated rings. The Morgan fingerprint density at radius 2 is 2.05 bits per heavy atom. The second-order valence-electron chi connectivity index (χ2n) is 5.36. The molecule has 2 rings (SSSR count). The summed E-state index contributed by atoms with van der Waals surface area (Å²) in [6, 6.07) is 7.80. The molecule has 0 spiro atoms. The van der Waals surface area contributed by atoms with Crippen LogP contribution in [0.15, 0.2) is 24.3 Å². The monoisotopic (exact) mass is 287 g/mol. The summed E-state index contributed by atoms with van der Waals surface area (Å²) >= 11 is 0. The van der Waals surface area contributed by atoms with Crippen LogP contribution in [0.5, 0.6) is 0 Å². The third kappa shape index (κ3) is 4.49. The zero-order valence-electron chi connectivity index (χ0n) is 11.3. The van der Waals surface area contributed by atoms with Gasteiger partial charge in [-0.25, -0.2) is 0 Å². The first kappa shape index (κ1) is 15.3. The molecule has 0 heterocycles. The van der Waals surface area contributed by atoms with Crippen LogP contribution in [-0.2, 0) is 4.74 Å². The Morgan fingerprint density at radius 3 is 2.65 bits per heavy atom. The average molecular weight is 287 g/mol. The van der Waals surface area contributed by atoms with Gasteiger partial charge in [-0.2, -0.15) is 13.2 Å². The van der Waals surface area contributed by atoms with Gasteiger partial charge in [0.2, 0.25) is 0 Å². The van der Waals surface area contributed by atoms with E-state index in [-0.39, 0.29) is 12.6 Å². The lowest BCUT2D eigenvalue weighted by molar-refractivity contribution is -0.174. The molecule has 0 aromatic heterocycles. The Labute approximate surface area is 117 Å². The molecule has 1 saturated carbocycles. The van der Waals surface area contributed by atoms with Crippen LogP contribution in [0.2, 0.25) is 0 Å². The smallest absolute Gasteiger partial charge is 0.372 e. The molecular formula is C15H20F3NO. The minimum Gasteiger partial charge on any atom is -0.372 e. The van der Waals surface area contributed by atoms with Crippen LogP contribution in [0.1, 0.15) is 48.8 Å². The van der Waals surface area contributed by atoms with Crippen LogP contribution >= 0.6 is 0 Å². The van der Waals surface area contributed by atoms with Gasteiger partial charge in [0.25, 0.3) is 0 Å². The molecule has 1 aliphatic carbocycles. The zero-order chi connectivity index (χ0) is 14.6. The highest BCUT2D eigenvalue weighted by molar-refractivity contribution is 5.29. The number of ether oxygens (including phenoxy) is 1. The topological polar surface area (TPSA) is 35.2 Å².